The lowest BCUT2D eigenvalue weighted by Crippen LogP contribution is -2.35. The van der Waals surface area contributed by atoms with Crippen LogP contribution in [0.1, 0.15) is 51.0 Å². The molecular weight excluding hydrogens is 302 g/mol. The first-order valence-electron chi connectivity index (χ1n) is 9.17. The Morgan fingerprint density at radius 3 is 2.71 bits per heavy atom. The Labute approximate surface area is 144 Å². The molecule has 1 aliphatic heterocycles. The summed E-state index contributed by atoms with van der Waals surface area (Å²) in [5.41, 5.74) is 7.41. The monoisotopic (exact) mass is 331 g/mol. The molecule has 0 radical (unpaired) electrons. The van der Waals surface area contributed by atoms with Crippen molar-refractivity contribution in [1.29, 1.82) is 0 Å². The Morgan fingerprint density at radius 2 is 1.96 bits per heavy atom. The van der Waals surface area contributed by atoms with E-state index in [-0.39, 0.29) is 5.41 Å². The van der Waals surface area contributed by atoms with E-state index in [0.717, 1.165) is 50.3 Å². The Kier molecular flexibility index (Phi) is 5.48. The molecule has 0 unspecified atom stereocenters. The largest absolute Gasteiger partial charge is 0.486 e. The summed E-state index contributed by atoms with van der Waals surface area (Å²) in [5.74, 6) is 2.28. The van der Waals surface area contributed by atoms with Crippen LogP contribution in [0.25, 0.3) is 0 Å². The predicted molar refractivity (Wildman–Crippen MR) is 97.0 cm³/mol. The second-order valence-corrected chi connectivity index (χ2v) is 6.83. The number of benzene rings is 1. The normalized spacial score (nSPS) is 19.3. The predicted octanol–water partition coefficient (Wildman–Crippen LogP) is 2.97. The minimum absolute atomic E-state index is 0.0763. The number of nitrogens with two attached hydrogens (primary N) is 1. The van der Waals surface area contributed by atoms with Gasteiger partial charge in [-0.05, 0) is 37.0 Å². The van der Waals surface area contributed by atoms with Gasteiger partial charge in [0.2, 0.25) is 0 Å². The highest BCUT2D eigenvalue weighted by molar-refractivity contribution is 5.77. The van der Waals surface area contributed by atoms with Crippen molar-refractivity contribution in [1.82, 2.24) is 5.32 Å². The number of aliphatic imine (C=N–C) groups is 1. The van der Waals surface area contributed by atoms with Crippen LogP contribution in [0, 0.1) is 0 Å². The number of nitrogens with zero attached hydrogens (tertiary/aromatic N) is 1. The summed E-state index contributed by atoms with van der Waals surface area (Å²) < 4.78 is 11.4. The van der Waals surface area contributed by atoms with Crippen molar-refractivity contribution in [3.8, 4) is 11.5 Å². The third-order valence-corrected chi connectivity index (χ3v) is 5.10. The molecule has 1 fully saturated rings. The molecule has 24 heavy (non-hydrogen) atoms. The van der Waals surface area contributed by atoms with Gasteiger partial charge in [-0.25, -0.2) is 0 Å². The first-order chi connectivity index (χ1) is 11.7. The van der Waals surface area contributed by atoms with Crippen molar-refractivity contribution >= 4 is 5.96 Å². The number of hydrogen-bond acceptors (Lipinski definition) is 3. The molecule has 1 saturated carbocycles. The zero-order chi connectivity index (χ0) is 16.8. The average Bonchev–Trinajstić information content (AvgIpc) is 3.10. The molecule has 1 aromatic rings. The molecule has 132 valence electrons. The second kappa shape index (κ2) is 7.77. The van der Waals surface area contributed by atoms with Crippen LogP contribution in [0.3, 0.4) is 0 Å². The van der Waals surface area contributed by atoms with Crippen LogP contribution in [0.2, 0.25) is 0 Å². The summed E-state index contributed by atoms with van der Waals surface area (Å²) >= 11 is 0. The van der Waals surface area contributed by atoms with E-state index >= 15 is 0 Å². The minimum Gasteiger partial charge on any atom is -0.486 e. The molecule has 1 heterocycles. The Morgan fingerprint density at radius 1 is 1.21 bits per heavy atom. The topological polar surface area (TPSA) is 68.9 Å². The molecule has 1 aliphatic carbocycles. The number of hydrogen-bond donors (Lipinski definition) is 2. The molecule has 5 nitrogen and oxygen atoms in total. The van der Waals surface area contributed by atoms with E-state index in [0.29, 0.717) is 19.2 Å². The van der Waals surface area contributed by atoms with E-state index in [9.17, 15) is 0 Å². The summed E-state index contributed by atoms with van der Waals surface area (Å²) in [7, 11) is 0. The van der Waals surface area contributed by atoms with Crippen molar-refractivity contribution in [3.05, 3.63) is 23.8 Å². The van der Waals surface area contributed by atoms with Crippen LogP contribution < -0.4 is 20.5 Å². The zero-order valence-corrected chi connectivity index (χ0v) is 14.6. The molecule has 3 N–H and O–H groups in total. The van der Waals surface area contributed by atoms with Crippen LogP contribution in [-0.2, 0) is 5.41 Å². The molecule has 3 rings (SSSR count). The summed E-state index contributed by atoms with van der Waals surface area (Å²) in [6, 6.07) is 6.36. The lowest BCUT2D eigenvalue weighted by molar-refractivity contribution is 0.171. The maximum atomic E-state index is 6.03. The van der Waals surface area contributed by atoms with Gasteiger partial charge in [-0.3, -0.25) is 4.99 Å². The molecule has 0 amide bonds. The van der Waals surface area contributed by atoms with Crippen LogP contribution in [0.5, 0.6) is 11.5 Å². The fraction of sp³-hybridized carbons (Fsp3) is 0.632. The molecule has 0 saturated heterocycles. The summed E-state index contributed by atoms with van der Waals surface area (Å²) in [6.45, 7) is 5.04. The third kappa shape index (κ3) is 3.77. The first-order valence-corrected chi connectivity index (χ1v) is 9.17. The fourth-order valence-corrected chi connectivity index (χ4v) is 3.65. The van der Waals surface area contributed by atoms with Gasteiger partial charge in [0, 0.05) is 12.0 Å². The maximum absolute atomic E-state index is 6.03. The number of ether oxygens (including phenoxy) is 2. The first kappa shape index (κ1) is 16.9. The fourth-order valence-electron chi connectivity index (χ4n) is 3.65. The van der Waals surface area contributed by atoms with Gasteiger partial charge in [0.05, 0.1) is 6.54 Å². The van der Waals surface area contributed by atoms with Gasteiger partial charge in [-0.1, -0.05) is 32.3 Å². The van der Waals surface area contributed by atoms with Gasteiger partial charge >= 0.3 is 0 Å². The molecule has 5 heteroatoms. The lowest BCUT2D eigenvalue weighted by atomic mass is 9.79. The van der Waals surface area contributed by atoms with Crippen LogP contribution >= 0.6 is 0 Å². The Hall–Kier alpha value is -1.91. The molecule has 0 spiro atoms. The molecular formula is C19H29N3O2. The minimum atomic E-state index is 0.0763. The van der Waals surface area contributed by atoms with E-state index in [1.165, 1.54) is 18.4 Å². The Bertz CT molecular complexity index is 580. The van der Waals surface area contributed by atoms with Crippen LogP contribution in [0.4, 0.5) is 0 Å². The highest BCUT2D eigenvalue weighted by Crippen LogP contribution is 2.44. The van der Waals surface area contributed by atoms with E-state index < -0.39 is 0 Å². The number of fused-ring (bicyclic) bond motifs is 1. The lowest BCUT2D eigenvalue weighted by Gasteiger charge is -2.29. The van der Waals surface area contributed by atoms with Gasteiger partial charge in [-0.15, -0.1) is 0 Å². The van der Waals surface area contributed by atoms with Gasteiger partial charge in [0.25, 0.3) is 0 Å². The smallest absolute Gasteiger partial charge is 0.188 e. The zero-order valence-electron chi connectivity index (χ0n) is 14.6. The van der Waals surface area contributed by atoms with E-state index in [1.807, 2.05) is 6.07 Å². The van der Waals surface area contributed by atoms with Crippen LogP contribution in [0.15, 0.2) is 23.2 Å². The molecule has 0 bridgehead atoms. The highest BCUT2D eigenvalue weighted by Gasteiger charge is 2.36. The summed E-state index contributed by atoms with van der Waals surface area (Å²) in [5, 5.41) is 3.21. The SMILES string of the molecule is CCCCNC(N)=NCC1(c2ccc3c(c2)OCCO3)CCCC1. The van der Waals surface area contributed by atoms with Crippen molar-refractivity contribution in [2.75, 3.05) is 26.3 Å². The molecule has 0 aromatic heterocycles. The average molecular weight is 331 g/mol. The van der Waals surface area contributed by atoms with Crippen molar-refractivity contribution < 1.29 is 9.47 Å². The standard InChI is InChI=1S/C19H29N3O2/c1-2-3-10-21-18(20)22-14-19(8-4-5-9-19)15-6-7-16-17(13-15)24-12-11-23-16/h6-7,13H,2-5,8-12,14H2,1H3,(H3,20,21,22). The number of nitrogens with one attached hydrogen (secondary N) is 1. The number of unbranched alkanes of at least 4 members (excludes halogenated alkanes) is 1. The van der Waals surface area contributed by atoms with Gasteiger partial charge in [0.1, 0.15) is 13.2 Å². The van der Waals surface area contributed by atoms with E-state index in [1.54, 1.807) is 0 Å². The molecule has 1 aromatic carbocycles. The maximum Gasteiger partial charge on any atom is 0.188 e. The van der Waals surface area contributed by atoms with E-state index in [4.69, 9.17) is 15.2 Å². The molecule has 0 atom stereocenters. The number of rotatable bonds is 6. The van der Waals surface area contributed by atoms with Crippen molar-refractivity contribution in [3.63, 3.8) is 0 Å². The van der Waals surface area contributed by atoms with Gasteiger partial charge < -0.3 is 20.5 Å². The quantitative estimate of drug-likeness (QED) is 0.478. The molecule has 2 aliphatic rings. The van der Waals surface area contributed by atoms with Crippen LogP contribution in [-0.4, -0.2) is 32.3 Å². The highest BCUT2D eigenvalue weighted by atomic mass is 16.6. The van der Waals surface area contributed by atoms with Gasteiger partial charge in [-0.2, -0.15) is 0 Å². The summed E-state index contributed by atoms with van der Waals surface area (Å²) in [6.07, 6.45) is 7.06. The van der Waals surface area contributed by atoms with E-state index in [2.05, 4.69) is 29.4 Å². The summed E-state index contributed by atoms with van der Waals surface area (Å²) in [4.78, 5) is 4.65. The second-order valence-electron chi connectivity index (χ2n) is 6.83. The van der Waals surface area contributed by atoms with Crippen molar-refractivity contribution in [2.45, 2.75) is 50.9 Å². The Balaban J connectivity index is 1.75. The third-order valence-electron chi connectivity index (χ3n) is 5.10. The van der Waals surface area contributed by atoms with Crippen molar-refractivity contribution in [2.24, 2.45) is 10.7 Å². The number of guanidine groups is 1. The van der Waals surface area contributed by atoms with Gasteiger partial charge in [0.15, 0.2) is 17.5 Å².